The number of benzene rings is 2. The Hall–Kier alpha value is -4.93. The summed E-state index contributed by atoms with van der Waals surface area (Å²) in [6.45, 7) is 1.66. The molecule has 2 N–H and O–H groups in total. The maximum atomic E-state index is 14.8. The van der Waals surface area contributed by atoms with Crippen LogP contribution in [0.4, 0.5) is 20.7 Å². The molecule has 0 aliphatic rings. The van der Waals surface area contributed by atoms with Gasteiger partial charge < -0.3 is 15.0 Å². The second-order valence-electron chi connectivity index (χ2n) is 8.34. The van der Waals surface area contributed by atoms with Crippen molar-refractivity contribution in [3.05, 3.63) is 94.3 Å². The Morgan fingerprint density at radius 3 is 2.43 bits per heavy atom. The zero-order valence-electron chi connectivity index (χ0n) is 20.7. The Kier molecular flexibility index (Phi) is 7.05. The topological polar surface area (TPSA) is 110 Å². The summed E-state index contributed by atoms with van der Waals surface area (Å²) >= 11 is 0. The van der Waals surface area contributed by atoms with Gasteiger partial charge in [-0.15, -0.1) is 0 Å². The van der Waals surface area contributed by atoms with E-state index in [4.69, 9.17) is 4.74 Å². The van der Waals surface area contributed by atoms with Crippen LogP contribution in [0.2, 0.25) is 0 Å². The minimum atomic E-state index is -0.736. The lowest BCUT2D eigenvalue weighted by molar-refractivity contribution is 0.102. The number of pyridine rings is 1. The van der Waals surface area contributed by atoms with E-state index in [1.54, 1.807) is 57.0 Å². The largest absolute Gasteiger partial charge is 0.454 e. The molecule has 2 aromatic heterocycles. The third kappa shape index (κ3) is 5.35. The van der Waals surface area contributed by atoms with Gasteiger partial charge in [-0.05, 0) is 37.3 Å². The number of urea groups is 1. The van der Waals surface area contributed by atoms with Crippen molar-refractivity contribution in [1.29, 1.82) is 0 Å². The molecular weight excluding hydrogens is 479 g/mol. The van der Waals surface area contributed by atoms with Gasteiger partial charge in [-0.2, -0.15) is 0 Å². The summed E-state index contributed by atoms with van der Waals surface area (Å²) in [6, 6.07) is 15.4. The SMILES string of the molecule is Cc1c(C(=O)Nc2ccc(Oc3ccnc(NC(=O)N(C)C)c3)c(F)c2)c(=O)n(-c2ccccc2)n1C. The van der Waals surface area contributed by atoms with E-state index >= 15 is 0 Å². The Balaban J connectivity index is 1.52. The normalized spacial score (nSPS) is 10.6. The lowest BCUT2D eigenvalue weighted by atomic mass is 10.2. The van der Waals surface area contributed by atoms with E-state index in [-0.39, 0.29) is 34.6 Å². The maximum Gasteiger partial charge on any atom is 0.322 e. The molecule has 2 aromatic carbocycles. The molecule has 0 spiro atoms. The summed E-state index contributed by atoms with van der Waals surface area (Å²) in [5.74, 6) is -1.01. The summed E-state index contributed by atoms with van der Waals surface area (Å²) in [6.07, 6.45) is 1.41. The van der Waals surface area contributed by atoms with Crippen LogP contribution in [0.5, 0.6) is 11.5 Å². The van der Waals surface area contributed by atoms with Gasteiger partial charge in [-0.3, -0.25) is 19.6 Å². The monoisotopic (exact) mass is 504 g/mol. The van der Waals surface area contributed by atoms with Gasteiger partial charge in [0, 0.05) is 45.2 Å². The zero-order valence-corrected chi connectivity index (χ0v) is 20.7. The van der Waals surface area contributed by atoms with Gasteiger partial charge in [0.1, 0.15) is 17.1 Å². The summed E-state index contributed by atoms with van der Waals surface area (Å²) < 4.78 is 23.4. The van der Waals surface area contributed by atoms with Crippen molar-refractivity contribution < 1.29 is 18.7 Å². The molecule has 3 amide bonds. The number of nitrogens with one attached hydrogen (secondary N) is 2. The summed E-state index contributed by atoms with van der Waals surface area (Å²) in [4.78, 5) is 43.2. The van der Waals surface area contributed by atoms with Crippen LogP contribution < -0.4 is 20.9 Å². The van der Waals surface area contributed by atoms with Crippen molar-refractivity contribution in [2.75, 3.05) is 24.7 Å². The molecule has 0 fully saturated rings. The van der Waals surface area contributed by atoms with Crippen LogP contribution in [-0.2, 0) is 7.05 Å². The van der Waals surface area contributed by atoms with Crippen LogP contribution in [0.25, 0.3) is 5.69 Å². The van der Waals surface area contributed by atoms with Crippen molar-refractivity contribution in [1.82, 2.24) is 19.2 Å². The fourth-order valence-corrected chi connectivity index (χ4v) is 3.58. The molecule has 2 heterocycles. The quantitative estimate of drug-likeness (QED) is 0.410. The number of carbonyl (C=O) groups is 2. The number of hydrogen-bond donors (Lipinski definition) is 2. The van der Waals surface area contributed by atoms with Gasteiger partial charge in [0.05, 0.1) is 11.4 Å². The van der Waals surface area contributed by atoms with Gasteiger partial charge in [-0.1, -0.05) is 18.2 Å². The Morgan fingerprint density at radius 2 is 1.76 bits per heavy atom. The van der Waals surface area contributed by atoms with E-state index in [0.717, 1.165) is 6.07 Å². The zero-order chi connectivity index (χ0) is 26.7. The van der Waals surface area contributed by atoms with Gasteiger partial charge >= 0.3 is 6.03 Å². The number of aromatic nitrogens is 3. The molecule has 0 aliphatic carbocycles. The van der Waals surface area contributed by atoms with Crippen molar-refractivity contribution in [2.45, 2.75) is 6.92 Å². The molecule has 37 heavy (non-hydrogen) atoms. The van der Waals surface area contributed by atoms with Crippen molar-refractivity contribution in [2.24, 2.45) is 7.05 Å². The van der Waals surface area contributed by atoms with Gasteiger partial charge in [0.15, 0.2) is 11.6 Å². The molecule has 4 rings (SSSR count). The first-order valence-corrected chi connectivity index (χ1v) is 11.2. The highest BCUT2D eigenvalue weighted by molar-refractivity contribution is 6.05. The smallest absolute Gasteiger partial charge is 0.322 e. The minimum absolute atomic E-state index is 0.0452. The third-order valence-electron chi connectivity index (χ3n) is 5.57. The maximum absolute atomic E-state index is 14.8. The number of nitrogens with zero attached hydrogens (tertiary/aromatic N) is 4. The number of amides is 3. The molecule has 0 aliphatic heterocycles. The van der Waals surface area contributed by atoms with Crippen LogP contribution >= 0.6 is 0 Å². The van der Waals surface area contributed by atoms with Gasteiger partial charge in [0.25, 0.3) is 11.5 Å². The van der Waals surface area contributed by atoms with E-state index < -0.39 is 17.3 Å². The van der Waals surface area contributed by atoms with Crippen LogP contribution in [-0.4, -0.2) is 45.3 Å². The van der Waals surface area contributed by atoms with Crippen LogP contribution in [0, 0.1) is 12.7 Å². The third-order valence-corrected chi connectivity index (χ3v) is 5.57. The molecule has 4 aromatic rings. The van der Waals surface area contributed by atoms with Crippen LogP contribution in [0.15, 0.2) is 71.7 Å². The highest BCUT2D eigenvalue weighted by Gasteiger charge is 2.22. The summed E-state index contributed by atoms with van der Waals surface area (Å²) in [5, 5.41) is 5.16. The molecule has 0 saturated carbocycles. The average molecular weight is 505 g/mol. The highest BCUT2D eigenvalue weighted by Crippen LogP contribution is 2.28. The number of carbonyl (C=O) groups excluding carboxylic acids is 2. The van der Waals surface area contributed by atoms with E-state index in [0.29, 0.717) is 11.4 Å². The first-order valence-electron chi connectivity index (χ1n) is 11.2. The number of para-hydroxylation sites is 1. The molecule has 0 saturated heterocycles. The van der Waals surface area contributed by atoms with E-state index in [9.17, 15) is 18.8 Å². The van der Waals surface area contributed by atoms with Crippen LogP contribution in [0.1, 0.15) is 16.1 Å². The molecule has 0 unspecified atom stereocenters. The lowest BCUT2D eigenvalue weighted by Gasteiger charge is -2.13. The van der Waals surface area contributed by atoms with Crippen molar-refractivity contribution in [3.8, 4) is 17.2 Å². The van der Waals surface area contributed by atoms with E-state index in [1.807, 2.05) is 6.07 Å². The van der Waals surface area contributed by atoms with E-state index in [1.165, 1.54) is 40.0 Å². The molecule has 11 heteroatoms. The predicted molar refractivity (Wildman–Crippen MR) is 137 cm³/mol. The Labute approximate surface area is 211 Å². The lowest BCUT2D eigenvalue weighted by Crippen LogP contribution is -2.27. The number of anilines is 2. The minimum Gasteiger partial charge on any atom is -0.454 e. The fourth-order valence-electron chi connectivity index (χ4n) is 3.58. The number of halogens is 1. The van der Waals surface area contributed by atoms with Gasteiger partial charge in [0.2, 0.25) is 0 Å². The fraction of sp³-hybridized carbons (Fsp3) is 0.154. The molecule has 0 atom stereocenters. The Bertz CT molecular complexity index is 1530. The second kappa shape index (κ2) is 10.4. The van der Waals surface area contributed by atoms with E-state index in [2.05, 4.69) is 15.6 Å². The number of rotatable bonds is 6. The average Bonchev–Trinajstić information content (AvgIpc) is 3.09. The van der Waals surface area contributed by atoms with Crippen molar-refractivity contribution in [3.63, 3.8) is 0 Å². The standard InChI is InChI=1S/C26H25FN6O4/c1-16-23(25(35)33(32(16)4)18-8-6-5-7-9-18)24(34)29-17-10-11-21(20(27)14-17)37-19-12-13-28-22(15-19)30-26(36)31(2)3/h5-15H,1-4H3,(H,29,34)(H,28,30,36). The summed E-state index contributed by atoms with van der Waals surface area (Å²) in [5.41, 5.74) is 0.694. The number of hydrogen-bond acceptors (Lipinski definition) is 5. The molecule has 10 nitrogen and oxygen atoms in total. The Morgan fingerprint density at radius 1 is 1.03 bits per heavy atom. The van der Waals surface area contributed by atoms with Crippen LogP contribution in [0.3, 0.4) is 0 Å². The molecular formula is C26H25FN6O4. The molecule has 0 bridgehead atoms. The number of ether oxygens (including phenoxy) is 1. The van der Waals surface area contributed by atoms with Gasteiger partial charge in [-0.25, -0.2) is 18.9 Å². The molecule has 0 radical (unpaired) electrons. The first-order chi connectivity index (χ1) is 17.7. The molecule has 190 valence electrons. The van der Waals surface area contributed by atoms with Crippen molar-refractivity contribution >= 4 is 23.4 Å². The highest BCUT2D eigenvalue weighted by atomic mass is 19.1. The first kappa shape index (κ1) is 25.2. The summed E-state index contributed by atoms with van der Waals surface area (Å²) in [7, 11) is 4.86. The predicted octanol–water partition coefficient (Wildman–Crippen LogP) is 4.16. The second-order valence-corrected chi connectivity index (χ2v) is 8.34.